The summed E-state index contributed by atoms with van der Waals surface area (Å²) in [6.45, 7) is 6.97. The molecular weight excluding hydrogens is 400 g/mol. The first-order valence-corrected chi connectivity index (χ1v) is 13.2. The maximum atomic E-state index is 11.5. The van der Waals surface area contributed by atoms with Crippen LogP contribution in [0.2, 0.25) is 5.04 Å². The molecule has 4 heteroatoms. The fourth-order valence-corrected chi connectivity index (χ4v) is 10.5. The first kappa shape index (κ1) is 21.9. The molecule has 4 atom stereocenters. The van der Waals surface area contributed by atoms with Gasteiger partial charge in [0.25, 0.3) is 8.32 Å². The molecule has 2 fully saturated rings. The van der Waals surface area contributed by atoms with Crippen LogP contribution in [-0.4, -0.2) is 26.5 Å². The highest BCUT2D eigenvalue weighted by atomic mass is 28.4. The van der Waals surface area contributed by atoms with E-state index >= 15 is 0 Å². The van der Waals surface area contributed by atoms with E-state index in [2.05, 4.69) is 87.4 Å². The maximum Gasteiger partial charge on any atom is 0.384 e. The van der Waals surface area contributed by atoms with Crippen LogP contribution in [0.5, 0.6) is 0 Å². The summed E-state index contributed by atoms with van der Waals surface area (Å²) in [7, 11) is -2.52. The Morgan fingerprint density at radius 3 is 1.74 bits per heavy atom. The molecule has 2 aliphatic carbocycles. The number of benzene rings is 2. The van der Waals surface area contributed by atoms with Crippen LogP contribution in [-0.2, 0) is 14.0 Å². The first-order chi connectivity index (χ1) is 14.8. The molecule has 2 aromatic rings. The topological polar surface area (TPSA) is 35.5 Å². The normalized spacial score (nSPS) is 25.6. The average Bonchev–Trinajstić information content (AvgIpc) is 3.30. The molecule has 2 aromatic carbocycles. The Kier molecular flexibility index (Phi) is 6.10. The van der Waals surface area contributed by atoms with E-state index in [-0.39, 0.29) is 17.2 Å². The van der Waals surface area contributed by atoms with E-state index in [1.165, 1.54) is 10.4 Å². The van der Waals surface area contributed by atoms with Crippen LogP contribution in [0.1, 0.15) is 46.5 Å². The van der Waals surface area contributed by atoms with Gasteiger partial charge in [-0.3, -0.25) is 0 Å². The van der Waals surface area contributed by atoms with Crippen LogP contribution in [0.3, 0.4) is 0 Å². The minimum absolute atomic E-state index is 0.0156. The largest absolute Gasteiger partial charge is 0.453 e. The van der Waals surface area contributed by atoms with E-state index in [0.717, 1.165) is 25.7 Å². The van der Waals surface area contributed by atoms with Crippen molar-refractivity contribution < 1.29 is 14.0 Å². The molecule has 0 N–H and O–H groups in total. The van der Waals surface area contributed by atoms with Crippen molar-refractivity contribution in [1.29, 1.82) is 0 Å². The van der Waals surface area contributed by atoms with Gasteiger partial charge in [-0.05, 0) is 52.9 Å². The molecule has 0 bridgehead atoms. The fraction of sp³-hybridized carbons (Fsp3) is 0.444. The molecule has 0 aliphatic heterocycles. The second-order valence-electron chi connectivity index (χ2n) is 10.0. The zero-order valence-corrected chi connectivity index (χ0v) is 19.7. The van der Waals surface area contributed by atoms with E-state index in [9.17, 15) is 4.79 Å². The summed E-state index contributed by atoms with van der Waals surface area (Å²) >= 11 is 0. The minimum atomic E-state index is -2.52. The van der Waals surface area contributed by atoms with Crippen molar-refractivity contribution in [3.05, 3.63) is 60.7 Å². The van der Waals surface area contributed by atoms with Crippen LogP contribution in [0, 0.1) is 24.2 Å². The standard InChI is InChI=1S/C27H32O3Si/c1-5-26(28)29-22-16-20-18-23(19-21(20)17-22)30-31(27(2,3)4,24-12-8-6-9-13-24)25-14-10-7-11-15-25/h1,6-15,20-23H,16-19H2,2-4H3/t20-,21+,22?,23?. The maximum absolute atomic E-state index is 11.5. The monoisotopic (exact) mass is 432 g/mol. The summed E-state index contributed by atoms with van der Waals surface area (Å²) in [5.74, 6) is 2.61. The van der Waals surface area contributed by atoms with E-state index < -0.39 is 14.3 Å². The second-order valence-corrected chi connectivity index (χ2v) is 14.3. The zero-order chi connectivity index (χ0) is 22.1. The summed E-state index contributed by atoms with van der Waals surface area (Å²) in [5.41, 5.74) is 0. The van der Waals surface area contributed by atoms with Crippen molar-refractivity contribution in [2.45, 2.75) is 63.7 Å². The Balaban J connectivity index is 1.61. The van der Waals surface area contributed by atoms with Gasteiger partial charge in [0.1, 0.15) is 6.10 Å². The number of rotatable bonds is 5. The van der Waals surface area contributed by atoms with Crippen molar-refractivity contribution in [2.75, 3.05) is 0 Å². The van der Waals surface area contributed by atoms with Crippen LogP contribution < -0.4 is 10.4 Å². The van der Waals surface area contributed by atoms with Crippen molar-refractivity contribution in [3.63, 3.8) is 0 Å². The number of esters is 1. The summed E-state index contributed by atoms with van der Waals surface area (Å²) in [6, 6.07) is 21.6. The lowest BCUT2D eigenvalue weighted by Gasteiger charge is -2.45. The molecule has 4 rings (SSSR count). The fourth-order valence-electron chi connectivity index (χ4n) is 5.82. The molecule has 2 saturated carbocycles. The molecule has 0 heterocycles. The van der Waals surface area contributed by atoms with Gasteiger partial charge in [-0.2, -0.15) is 0 Å². The third-order valence-electron chi connectivity index (χ3n) is 7.08. The SMILES string of the molecule is C#CC(=O)OC1C[C@@H]2CC(O[Si](c3ccccc3)(c3ccccc3)C(C)(C)C)C[C@@H]2C1. The van der Waals surface area contributed by atoms with Gasteiger partial charge in [-0.25, -0.2) is 4.79 Å². The molecule has 0 radical (unpaired) electrons. The summed E-state index contributed by atoms with van der Waals surface area (Å²) < 4.78 is 12.7. The van der Waals surface area contributed by atoms with Gasteiger partial charge < -0.3 is 9.16 Å². The molecule has 2 aliphatic rings. The number of carbonyl (C=O) groups is 1. The summed E-state index contributed by atoms with van der Waals surface area (Å²) in [4.78, 5) is 11.5. The number of terminal acetylenes is 1. The van der Waals surface area contributed by atoms with E-state index in [1.807, 2.05) is 0 Å². The Morgan fingerprint density at radius 1 is 0.871 bits per heavy atom. The lowest BCUT2D eigenvalue weighted by molar-refractivity contribution is -0.141. The Labute approximate surface area is 187 Å². The molecule has 0 amide bonds. The smallest absolute Gasteiger partial charge is 0.384 e. The van der Waals surface area contributed by atoms with E-state index in [0.29, 0.717) is 11.8 Å². The molecule has 3 nitrogen and oxygen atoms in total. The Bertz CT molecular complexity index is 888. The highest BCUT2D eigenvalue weighted by molar-refractivity contribution is 6.99. The average molecular weight is 433 g/mol. The van der Waals surface area contributed by atoms with Crippen molar-refractivity contribution in [1.82, 2.24) is 0 Å². The molecule has 0 aromatic heterocycles. The van der Waals surface area contributed by atoms with Gasteiger partial charge in [0.05, 0.1) is 0 Å². The molecule has 2 unspecified atom stereocenters. The first-order valence-electron chi connectivity index (χ1n) is 11.3. The third kappa shape index (κ3) is 4.22. The Hall–Kier alpha value is -2.35. The quantitative estimate of drug-likeness (QED) is 0.306. The molecule has 0 spiro atoms. The van der Waals surface area contributed by atoms with Crippen molar-refractivity contribution in [3.8, 4) is 12.3 Å². The van der Waals surface area contributed by atoms with Gasteiger partial charge in [-0.15, -0.1) is 6.42 Å². The van der Waals surface area contributed by atoms with Crippen LogP contribution in [0.25, 0.3) is 0 Å². The minimum Gasteiger partial charge on any atom is -0.453 e. The molecule has 31 heavy (non-hydrogen) atoms. The van der Waals surface area contributed by atoms with Crippen molar-refractivity contribution >= 4 is 24.7 Å². The van der Waals surface area contributed by atoms with E-state index in [4.69, 9.17) is 15.6 Å². The van der Waals surface area contributed by atoms with Gasteiger partial charge in [0.2, 0.25) is 0 Å². The predicted octanol–water partition coefficient (Wildman–Crippen LogP) is 4.30. The van der Waals surface area contributed by atoms with Crippen LogP contribution in [0.4, 0.5) is 0 Å². The summed E-state index contributed by atoms with van der Waals surface area (Å²) in [5, 5.41) is 2.64. The van der Waals surface area contributed by atoms with Gasteiger partial charge in [-0.1, -0.05) is 81.4 Å². The van der Waals surface area contributed by atoms with Crippen molar-refractivity contribution in [2.24, 2.45) is 11.8 Å². The van der Waals surface area contributed by atoms with Crippen LogP contribution in [0.15, 0.2) is 60.7 Å². The second kappa shape index (κ2) is 8.65. The molecule has 162 valence electrons. The number of carbonyl (C=O) groups excluding carboxylic acids is 1. The number of ether oxygens (including phenoxy) is 1. The van der Waals surface area contributed by atoms with E-state index in [1.54, 1.807) is 0 Å². The number of fused-ring (bicyclic) bond motifs is 1. The molecular formula is C27H32O3Si. The van der Waals surface area contributed by atoms with Gasteiger partial charge >= 0.3 is 5.97 Å². The number of hydrogen-bond donors (Lipinski definition) is 0. The van der Waals surface area contributed by atoms with Gasteiger partial charge in [0.15, 0.2) is 0 Å². The molecule has 0 saturated heterocycles. The lowest BCUT2D eigenvalue weighted by Crippen LogP contribution is -2.67. The third-order valence-corrected chi connectivity index (χ3v) is 12.2. The van der Waals surface area contributed by atoms with Crippen LogP contribution >= 0.6 is 0 Å². The highest BCUT2D eigenvalue weighted by Gasteiger charge is 2.53. The Morgan fingerprint density at radius 2 is 1.32 bits per heavy atom. The highest BCUT2D eigenvalue weighted by Crippen LogP contribution is 2.48. The number of hydrogen-bond acceptors (Lipinski definition) is 3. The summed E-state index contributed by atoms with van der Waals surface area (Å²) in [6.07, 6.45) is 9.22. The van der Waals surface area contributed by atoms with Gasteiger partial charge in [0, 0.05) is 12.0 Å². The lowest BCUT2D eigenvalue weighted by atomic mass is 10.0. The zero-order valence-electron chi connectivity index (χ0n) is 18.7. The predicted molar refractivity (Wildman–Crippen MR) is 127 cm³/mol.